The highest BCUT2D eigenvalue weighted by molar-refractivity contribution is 4.85. The molecule has 0 spiro atoms. The van der Waals surface area contributed by atoms with Gasteiger partial charge < -0.3 is 30.6 Å². The largest absolute Gasteiger partial charge is 0.349 e. The molecule has 12 nitrogen and oxygen atoms in total. The summed E-state index contributed by atoms with van der Waals surface area (Å²) in [5, 5.41) is 56.3. The fraction of sp³-hybridized carbons (Fsp3) is 0.667. The molecular formula is C9H15N3O9. The summed E-state index contributed by atoms with van der Waals surface area (Å²) >= 11 is 0. The van der Waals surface area contributed by atoms with E-state index in [4.69, 9.17) is 0 Å². The summed E-state index contributed by atoms with van der Waals surface area (Å²) in [6.07, 6.45) is 0. The molecule has 0 saturated heterocycles. The molecule has 0 aliphatic carbocycles. The lowest BCUT2D eigenvalue weighted by Crippen LogP contribution is -2.66. The molecule has 0 bridgehead atoms. The first-order valence-corrected chi connectivity index (χ1v) is 5.47. The Kier molecular flexibility index (Phi) is 3.76. The Hall–Kier alpha value is -1.83. The lowest BCUT2D eigenvalue weighted by Gasteiger charge is -2.27. The van der Waals surface area contributed by atoms with Crippen molar-refractivity contribution in [2.75, 3.05) is 0 Å². The molecule has 0 aliphatic rings. The second-order valence-corrected chi connectivity index (χ2v) is 4.77. The summed E-state index contributed by atoms with van der Waals surface area (Å²) < 4.78 is -1.11. The molecule has 0 unspecified atom stereocenters. The van der Waals surface area contributed by atoms with E-state index in [0.29, 0.717) is 20.8 Å². The monoisotopic (exact) mass is 309 g/mol. The second-order valence-electron chi connectivity index (χ2n) is 4.77. The van der Waals surface area contributed by atoms with E-state index in [1.807, 2.05) is 0 Å². The van der Waals surface area contributed by atoms with E-state index in [1.165, 1.54) is 0 Å². The van der Waals surface area contributed by atoms with Gasteiger partial charge in [-0.3, -0.25) is 0 Å². The fourth-order valence-corrected chi connectivity index (χ4v) is 1.63. The maximum Gasteiger partial charge on any atom is 0.345 e. The quantitative estimate of drug-likeness (QED) is 0.297. The van der Waals surface area contributed by atoms with Gasteiger partial charge in [0.25, 0.3) is 17.7 Å². The van der Waals surface area contributed by atoms with Gasteiger partial charge in [-0.15, -0.1) is 0 Å². The van der Waals surface area contributed by atoms with Crippen LogP contribution in [0, 0.1) is 0 Å². The Labute approximate surface area is 115 Å². The van der Waals surface area contributed by atoms with Crippen molar-refractivity contribution in [3.05, 3.63) is 31.5 Å². The number of aromatic nitrogens is 3. The van der Waals surface area contributed by atoms with E-state index >= 15 is 0 Å². The van der Waals surface area contributed by atoms with Crippen LogP contribution in [0.5, 0.6) is 0 Å². The van der Waals surface area contributed by atoms with Gasteiger partial charge in [0.2, 0.25) is 0 Å². The molecule has 0 fully saturated rings. The molecule has 0 saturated carbocycles. The molecule has 21 heavy (non-hydrogen) atoms. The SMILES string of the molecule is CC(O)(O)n1c(=O)n(C(C)(O)O)c(=O)n(C(C)(O)O)c1=O. The molecule has 0 atom stereocenters. The van der Waals surface area contributed by atoms with Crippen LogP contribution in [0.15, 0.2) is 14.4 Å². The summed E-state index contributed by atoms with van der Waals surface area (Å²) in [6, 6.07) is 0. The van der Waals surface area contributed by atoms with E-state index < -0.39 is 34.8 Å². The average Bonchev–Trinajstić information content (AvgIpc) is 2.07. The van der Waals surface area contributed by atoms with Crippen LogP contribution >= 0.6 is 0 Å². The number of rotatable bonds is 3. The Balaban J connectivity index is 4.21. The predicted octanol–water partition coefficient (Wildman–Crippen LogP) is -4.98. The van der Waals surface area contributed by atoms with Crippen LogP contribution < -0.4 is 17.1 Å². The molecule has 1 rings (SSSR count). The number of aliphatic hydroxyl groups is 6. The van der Waals surface area contributed by atoms with Crippen LogP contribution in [0.3, 0.4) is 0 Å². The highest BCUT2D eigenvalue weighted by Gasteiger charge is 2.37. The fourth-order valence-electron chi connectivity index (χ4n) is 1.63. The molecule has 1 aromatic rings. The molecule has 0 aliphatic heterocycles. The molecule has 6 N–H and O–H groups in total. The Morgan fingerprint density at radius 1 is 0.571 bits per heavy atom. The van der Waals surface area contributed by atoms with Crippen molar-refractivity contribution in [2.24, 2.45) is 0 Å². The number of hydrogen-bond donors (Lipinski definition) is 6. The topological polar surface area (TPSA) is 187 Å². The highest BCUT2D eigenvalue weighted by atomic mass is 16.5. The maximum absolute atomic E-state index is 11.9. The second kappa shape index (κ2) is 4.59. The van der Waals surface area contributed by atoms with Crippen LogP contribution in [0.4, 0.5) is 0 Å². The third-order valence-corrected chi connectivity index (χ3v) is 2.42. The minimum Gasteiger partial charge on any atom is -0.349 e. The van der Waals surface area contributed by atoms with Gasteiger partial charge >= 0.3 is 17.1 Å². The van der Waals surface area contributed by atoms with Crippen molar-refractivity contribution in [1.82, 2.24) is 13.7 Å². The molecular weight excluding hydrogens is 294 g/mol. The molecule has 1 heterocycles. The van der Waals surface area contributed by atoms with Crippen molar-refractivity contribution in [1.29, 1.82) is 0 Å². The van der Waals surface area contributed by atoms with Crippen molar-refractivity contribution in [2.45, 2.75) is 38.5 Å². The third-order valence-electron chi connectivity index (χ3n) is 2.42. The summed E-state index contributed by atoms with van der Waals surface area (Å²) in [5.41, 5.74) is -5.36. The maximum atomic E-state index is 11.9. The Bertz CT molecular complexity index is 589. The van der Waals surface area contributed by atoms with Crippen molar-refractivity contribution >= 4 is 0 Å². The molecule has 0 radical (unpaired) electrons. The molecule has 1 aromatic heterocycles. The zero-order valence-electron chi connectivity index (χ0n) is 11.2. The van der Waals surface area contributed by atoms with Gasteiger partial charge in [0.05, 0.1) is 0 Å². The third kappa shape index (κ3) is 2.94. The van der Waals surface area contributed by atoms with Crippen LogP contribution in [-0.4, -0.2) is 44.3 Å². The van der Waals surface area contributed by atoms with Crippen LogP contribution in [0.2, 0.25) is 0 Å². The summed E-state index contributed by atoms with van der Waals surface area (Å²) in [5.74, 6) is -9.45. The summed E-state index contributed by atoms with van der Waals surface area (Å²) in [4.78, 5) is 35.7. The lowest BCUT2D eigenvalue weighted by atomic mass is 10.4. The van der Waals surface area contributed by atoms with E-state index in [0.717, 1.165) is 0 Å². The van der Waals surface area contributed by atoms with Gasteiger partial charge in [0.1, 0.15) is 0 Å². The van der Waals surface area contributed by atoms with Gasteiger partial charge in [-0.05, 0) is 0 Å². The smallest absolute Gasteiger partial charge is 0.345 e. The first kappa shape index (κ1) is 17.2. The Morgan fingerprint density at radius 2 is 0.714 bits per heavy atom. The lowest BCUT2D eigenvalue weighted by molar-refractivity contribution is -0.251. The predicted molar refractivity (Wildman–Crippen MR) is 63.5 cm³/mol. The standard InChI is InChI=1S/C9H15N3O9/c1-7(16,17)10-4(13)11(8(2,18)19)6(15)12(5(10)14)9(3,20)21/h16-21H,1-3H3. The zero-order valence-corrected chi connectivity index (χ0v) is 11.2. The van der Waals surface area contributed by atoms with Crippen molar-refractivity contribution in [3.63, 3.8) is 0 Å². The van der Waals surface area contributed by atoms with Gasteiger partial charge in [-0.1, -0.05) is 0 Å². The molecule has 0 amide bonds. The van der Waals surface area contributed by atoms with Gasteiger partial charge in [0, 0.05) is 20.8 Å². The van der Waals surface area contributed by atoms with Gasteiger partial charge in [-0.25, -0.2) is 14.4 Å². The first-order chi connectivity index (χ1) is 9.10. The summed E-state index contributed by atoms with van der Waals surface area (Å²) in [6.45, 7) is 1.69. The summed E-state index contributed by atoms with van der Waals surface area (Å²) in [7, 11) is 0. The molecule has 12 heteroatoms. The van der Waals surface area contributed by atoms with Crippen molar-refractivity contribution < 1.29 is 30.6 Å². The zero-order chi connectivity index (χ0) is 17.0. The number of hydrogen-bond acceptors (Lipinski definition) is 9. The van der Waals surface area contributed by atoms with E-state index in [9.17, 15) is 45.0 Å². The minimum absolute atomic E-state index is 0.371. The van der Waals surface area contributed by atoms with Gasteiger partial charge in [0.15, 0.2) is 0 Å². The van der Waals surface area contributed by atoms with Crippen molar-refractivity contribution in [3.8, 4) is 0 Å². The van der Waals surface area contributed by atoms with E-state index in [2.05, 4.69) is 0 Å². The normalized spacial score (nSPS) is 13.6. The minimum atomic E-state index is -3.15. The number of nitrogens with zero attached hydrogens (tertiary/aromatic N) is 3. The van der Waals surface area contributed by atoms with Crippen LogP contribution in [-0.2, 0) is 17.7 Å². The van der Waals surface area contributed by atoms with E-state index in [-0.39, 0.29) is 13.7 Å². The molecule has 120 valence electrons. The van der Waals surface area contributed by atoms with Crippen LogP contribution in [0.1, 0.15) is 20.8 Å². The average molecular weight is 309 g/mol. The van der Waals surface area contributed by atoms with Gasteiger partial charge in [-0.2, -0.15) is 13.7 Å². The van der Waals surface area contributed by atoms with E-state index in [1.54, 1.807) is 0 Å². The first-order valence-electron chi connectivity index (χ1n) is 5.47. The highest BCUT2D eigenvalue weighted by Crippen LogP contribution is 2.05. The Morgan fingerprint density at radius 3 is 0.810 bits per heavy atom. The molecule has 0 aromatic carbocycles. The van der Waals surface area contributed by atoms with Crippen LogP contribution in [0.25, 0.3) is 0 Å².